The SMILES string of the molecule is CCOC(=O)C(c1cscn1)N1CCCNCC1. The van der Waals surface area contributed by atoms with Crippen molar-refractivity contribution in [3.05, 3.63) is 16.6 Å². The number of nitrogens with one attached hydrogen (secondary N) is 1. The van der Waals surface area contributed by atoms with Gasteiger partial charge < -0.3 is 10.1 Å². The van der Waals surface area contributed by atoms with Gasteiger partial charge in [-0.05, 0) is 19.9 Å². The van der Waals surface area contributed by atoms with Crippen molar-refractivity contribution in [1.29, 1.82) is 0 Å². The summed E-state index contributed by atoms with van der Waals surface area (Å²) in [6.07, 6.45) is 1.04. The maximum Gasteiger partial charge on any atom is 0.329 e. The highest BCUT2D eigenvalue weighted by Gasteiger charge is 2.30. The molecule has 1 unspecified atom stereocenters. The Hall–Kier alpha value is -0.980. The molecule has 100 valence electrons. The number of hydrogen-bond acceptors (Lipinski definition) is 6. The summed E-state index contributed by atoms with van der Waals surface area (Å²) < 4.78 is 5.19. The zero-order valence-corrected chi connectivity index (χ0v) is 11.4. The van der Waals surface area contributed by atoms with E-state index in [1.807, 2.05) is 12.3 Å². The minimum atomic E-state index is -0.351. The number of esters is 1. The Kier molecular flexibility index (Phi) is 5.10. The van der Waals surface area contributed by atoms with E-state index in [4.69, 9.17) is 4.74 Å². The molecular weight excluding hydrogens is 250 g/mol. The van der Waals surface area contributed by atoms with E-state index in [-0.39, 0.29) is 12.0 Å². The second-order valence-electron chi connectivity index (χ2n) is 4.21. The standard InChI is InChI=1S/C12H19N3O2S/c1-2-17-12(16)11(10-8-18-9-14-10)15-6-3-4-13-5-7-15/h8-9,11,13H,2-7H2,1H3. The van der Waals surface area contributed by atoms with Crippen LogP contribution in [0, 0.1) is 0 Å². The second-order valence-corrected chi connectivity index (χ2v) is 4.93. The van der Waals surface area contributed by atoms with Crippen molar-refractivity contribution < 1.29 is 9.53 Å². The first-order chi connectivity index (χ1) is 8.83. The van der Waals surface area contributed by atoms with Gasteiger partial charge in [-0.3, -0.25) is 4.90 Å². The summed E-state index contributed by atoms with van der Waals surface area (Å²) in [4.78, 5) is 18.6. The summed E-state index contributed by atoms with van der Waals surface area (Å²) in [5, 5.41) is 5.27. The molecule has 1 N–H and O–H groups in total. The third-order valence-electron chi connectivity index (χ3n) is 2.98. The lowest BCUT2D eigenvalue weighted by Gasteiger charge is -2.27. The van der Waals surface area contributed by atoms with Gasteiger partial charge in [-0.2, -0.15) is 0 Å². The fourth-order valence-corrected chi connectivity index (χ4v) is 2.73. The van der Waals surface area contributed by atoms with E-state index in [1.54, 1.807) is 5.51 Å². The Morgan fingerprint density at radius 2 is 2.50 bits per heavy atom. The van der Waals surface area contributed by atoms with E-state index in [0.29, 0.717) is 6.61 Å². The average Bonchev–Trinajstić information content (AvgIpc) is 2.74. The Morgan fingerprint density at radius 1 is 1.61 bits per heavy atom. The number of thiazole rings is 1. The smallest absolute Gasteiger partial charge is 0.329 e. The molecule has 2 heterocycles. The first kappa shape index (κ1) is 13.5. The summed E-state index contributed by atoms with van der Waals surface area (Å²) >= 11 is 1.51. The van der Waals surface area contributed by atoms with E-state index in [1.165, 1.54) is 11.3 Å². The molecule has 6 heteroatoms. The van der Waals surface area contributed by atoms with Crippen LogP contribution in [-0.2, 0) is 9.53 Å². The molecule has 0 radical (unpaired) electrons. The molecule has 1 fully saturated rings. The molecule has 1 aliphatic rings. The number of hydrogen-bond donors (Lipinski definition) is 1. The van der Waals surface area contributed by atoms with Gasteiger partial charge in [-0.15, -0.1) is 11.3 Å². The van der Waals surface area contributed by atoms with Gasteiger partial charge in [0.1, 0.15) is 0 Å². The lowest BCUT2D eigenvalue weighted by atomic mass is 10.2. The summed E-state index contributed by atoms with van der Waals surface area (Å²) in [6.45, 7) is 5.89. The van der Waals surface area contributed by atoms with Crippen molar-refractivity contribution in [2.75, 3.05) is 32.8 Å². The molecule has 0 spiro atoms. The van der Waals surface area contributed by atoms with Crippen molar-refractivity contribution in [3.8, 4) is 0 Å². The number of rotatable bonds is 4. The quantitative estimate of drug-likeness (QED) is 0.828. The second kappa shape index (κ2) is 6.82. The zero-order chi connectivity index (χ0) is 12.8. The van der Waals surface area contributed by atoms with Crippen LogP contribution in [0.15, 0.2) is 10.9 Å². The van der Waals surface area contributed by atoms with Crippen LogP contribution in [0.25, 0.3) is 0 Å². The van der Waals surface area contributed by atoms with Crippen molar-refractivity contribution in [2.45, 2.75) is 19.4 Å². The van der Waals surface area contributed by atoms with Gasteiger partial charge >= 0.3 is 5.97 Å². The van der Waals surface area contributed by atoms with Crippen LogP contribution in [0.3, 0.4) is 0 Å². The van der Waals surface area contributed by atoms with Gasteiger partial charge in [0, 0.05) is 25.0 Å². The lowest BCUT2D eigenvalue weighted by Crippen LogP contribution is -2.37. The van der Waals surface area contributed by atoms with Crippen LogP contribution in [0.2, 0.25) is 0 Å². The first-order valence-electron chi connectivity index (χ1n) is 6.32. The minimum absolute atomic E-state index is 0.190. The van der Waals surface area contributed by atoms with E-state index in [2.05, 4.69) is 15.2 Å². The van der Waals surface area contributed by atoms with Crippen LogP contribution in [0.5, 0.6) is 0 Å². The summed E-state index contributed by atoms with van der Waals surface area (Å²) in [5.41, 5.74) is 2.57. The van der Waals surface area contributed by atoms with Crippen LogP contribution in [0.4, 0.5) is 0 Å². The minimum Gasteiger partial charge on any atom is -0.465 e. The maximum atomic E-state index is 12.1. The highest BCUT2D eigenvalue weighted by molar-refractivity contribution is 7.07. The van der Waals surface area contributed by atoms with E-state index in [0.717, 1.165) is 38.3 Å². The molecule has 0 aliphatic carbocycles. The van der Waals surface area contributed by atoms with Crippen molar-refractivity contribution in [2.24, 2.45) is 0 Å². The van der Waals surface area contributed by atoms with E-state index >= 15 is 0 Å². The maximum absolute atomic E-state index is 12.1. The molecule has 0 saturated carbocycles. The molecular formula is C12H19N3O2S. The Bertz CT molecular complexity index is 361. The summed E-state index contributed by atoms with van der Waals surface area (Å²) in [5.74, 6) is -0.190. The summed E-state index contributed by atoms with van der Waals surface area (Å²) in [7, 11) is 0. The van der Waals surface area contributed by atoms with E-state index in [9.17, 15) is 4.79 Å². The largest absolute Gasteiger partial charge is 0.465 e. The highest BCUT2D eigenvalue weighted by atomic mass is 32.1. The zero-order valence-electron chi connectivity index (χ0n) is 10.6. The van der Waals surface area contributed by atoms with Crippen LogP contribution >= 0.6 is 11.3 Å². The Labute approximate surface area is 111 Å². The number of carbonyl (C=O) groups excluding carboxylic acids is 1. The number of carbonyl (C=O) groups is 1. The number of nitrogens with zero attached hydrogens (tertiary/aromatic N) is 2. The molecule has 1 aliphatic heterocycles. The average molecular weight is 269 g/mol. The molecule has 0 aromatic carbocycles. The molecule has 0 bridgehead atoms. The third kappa shape index (κ3) is 3.28. The molecule has 1 saturated heterocycles. The normalized spacial score (nSPS) is 19.2. The highest BCUT2D eigenvalue weighted by Crippen LogP contribution is 2.22. The molecule has 18 heavy (non-hydrogen) atoms. The Balaban J connectivity index is 2.15. The molecule has 1 atom stereocenters. The van der Waals surface area contributed by atoms with E-state index < -0.39 is 0 Å². The van der Waals surface area contributed by atoms with Crippen LogP contribution in [0.1, 0.15) is 25.1 Å². The fourth-order valence-electron chi connectivity index (χ4n) is 2.16. The number of aromatic nitrogens is 1. The van der Waals surface area contributed by atoms with Crippen molar-refractivity contribution in [3.63, 3.8) is 0 Å². The topological polar surface area (TPSA) is 54.5 Å². The Morgan fingerprint density at radius 3 is 3.22 bits per heavy atom. The molecule has 0 amide bonds. The molecule has 5 nitrogen and oxygen atoms in total. The molecule has 1 aromatic heterocycles. The molecule has 1 aromatic rings. The fraction of sp³-hybridized carbons (Fsp3) is 0.667. The molecule has 2 rings (SSSR count). The van der Waals surface area contributed by atoms with Gasteiger partial charge in [0.15, 0.2) is 6.04 Å². The predicted molar refractivity (Wildman–Crippen MR) is 70.5 cm³/mol. The van der Waals surface area contributed by atoms with Gasteiger partial charge in [0.05, 0.1) is 17.8 Å². The lowest BCUT2D eigenvalue weighted by molar-refractivity contribution is -0.150. The van der Waals surface area contributed by atoms with Crippen molar-refractivity contribution in [1.82, 2.24) is 15.2 Å². The van der Waals surface area contributed by atoms with Gasteiger partial charge in [0.2, 0.25) is 0 Å². The van der Waals surface area contributed by atoms with Gasteiger partial charge in [0.25, 0.3) is 0 Å². The monoisotopic (exact) mass is 269 g/mol. The van der Waals surface area contributed by atoms with Crippen LogP contribution in [-0.4, -0.2) is 48.6 Å². The summed E-state index contributed by atoms with van der Waals surface area (Å²) in [6, 6.07) is -0.351. The van der Waals surface area contributed by atoms with Crippen molar-refractivity contribution >= 4 is 17.3 Å². The van der Waals surface area contributed by atoms with Gasteiger partial charge in [-0.25, -0.2) is 9.78 Å². The third-order valence-corrected chi connectivity index (χ3v) is 3.59. The van der Waals surface area contributed by atoms with Crippen LogP contribution < -0.4 is 5.32 Å². The first-order valence-corrected chi connectivity index (χ1v) is 7.26. The number of ether oxygens (including phenoxy) is 1. The predicted octanol–water partition coefficient (Wildman–Crippen LogP) is 1.04. The van der Waals surface area contributed by atoms with Gasteiger partial charge in [-0.1, -0.05) is 0 Å².